The predicted octanol–water partition coefficient (Wildman–Crippen LogP) is 3.54. The van der Waals surface area contributed by atoms with Crippen LogP contribution in [-0.2, 0) is 4.79 Å². The fraction of sp³-hybridized carbons (Fsp3) is 0.133. The van der Waals surface area contributed by atoms with E-state index in [0.717, 1.165) is 0 Å². The van der Waals surface area contributed by atoms with Crippen molar-refractivity contribution >= 4 is 28.9 Å². The van der Waals surface area contributed by atoms with Crippen LogP contribution in [0.15, 0.2) is 42.5 Å². The number of anilines is 2. The number of amides is 1. The molecule has 1 amide bonds. The van der Waals surface area contributed by atoms with Gasteiger partial charge in [-0.25, -0.2) is 4.39 Å². The van der Waals surface area contributed by atoms with Crippen LogP contribution >= 0.6 is 11.6 Å². The number of carbonyl (C=O) groups excluding carboxylic acids is 1. The molecular formula is C15H14ClFN2O2. The maximum atomic E-state index is 13.6. The minimum atomic E-state index is -0.457. The van der Waals surface area contributed by atoms with Crippen LogP contribution in [0, 0.1) is 5.82 Å². The second kappa shape index (κ2) is 6.95. The lowest BCUT2D eigenvalue weighted by atomic mass is 10.3. The average molecular weight is 309 g/mol. The number of rotatable bonds is 5. The molecule has 0 aliphatic rings. The molecule has 2 aromatic carbocycles. The van der Waals surface area contributed by atoms with Gasteiger partial charge in [0.25, 0.3) is 0 Å². The van der Waals surface area contributed by atoms with E-state index >= 15 is 0 Å². The molecule has 110 valence electrons. The van der Waals surface area contributed by atoms with Crippen molar-refractivity contribution in [2.45, 2.75) is 0 Å². The number of halogens is 2. The first-order chi connectivity index (χ1) is 10.1. The summed E-state index contributed by atoms with van der Waals surface area (Å²) < 4.78 is 18.6. The number of benzene rings is 2. The minimum absolute atomic E-state index is 0.0880. The van der Waals surface area contributed by atoms with Crippen molar-refractivity contribution in [2.24, 2.45) is 0 Å². The first-order valence-electron chi connectivity index (χ1n) is 6.22. The van der Waals surface area contributed by atoms with E-state index in [1.54, 1.807) is 24.3 Å². The Morgan fingerprint density at radius 2 is 2.00 bits per heavy atom. The van der Waals surface area contributed by atoms with Gasteiger partial charge in [0.15, 0.2) is 0 Å². The zero-order valence-electron chi connectivity index (χ0n) is 11.3. The maximum absolute atomic E-state index is 13.6. The first kappa shape index (κ1) is 15.1. The lowest BCUT2D eigenvalue weighted by Gasteiger charge is -2.10. The molecule has 0 aromatic heterocycles. The molecule has 0 aliphatic heterocycles. The third-order valence-electron chi connectivity index (χ3n) is 2.76. The molecule has 2 aromatic rings. The molecule has 0 fully saturated rings. The number of carbonyl (C=O) groups is 1. The molecule has 0 spiro atoms. The highest BCUT2D eigenvalue weighted by Gasteiger charge is 2.08. The van der Waals surface area contributed by atoms with E-state index in [9.17, 15) is 9.18 Å². The number of nitrogens with one attached hydrogen (secondary N) is 2. The van der Waals surface area contributed by atoms with Crippen LogP contribution in [0.4, 0.5) is 15.8 Å². The number of hydrogen-bond donors (Lipinski definition) is 2. The lowest BCUT2D eigenvalue weighted by molar-refractivity contribution is -0.114. The van der Waals surface area contributed by atoms with Gasteiger partial charge in [0.1, 0.15) is 11.6 Å². The van der Waals surface area contributed by atoms with Crippen LogP contribution < -0.4 is 15.4 Å². The van der Waals surface area contributed by atoms with Gasteiger partial charge >= 0.3 is 0 Å². The fourth-order valence-electron chi connectivity index (χ4n) is 1.70. The maximum Gasteiger partial charge on any atom is 0.243 e. The van der Waals surface area contributed by atoms with E-state index in [4.69, 9.17) is 16.3 Å². The molecule has 0 bridgehead atoms. The van der Waals surface area contributed by atoms with Crippen LogP contribution in [-0.4, -0.2) is 19.6 Å². The Bertz CT molecular complexity index is 649. The van der Waals surface area contributed by atoms with Gasteiger partial charge in [-0.3, -0.25) is 4.79 Å². The quantitative estimate of drug-likeness (QED) is 0.888. The topological polar surface area (TPSA) is 50.4 Å². The SMILES string of the molecule is COc1ccc(F)c(NCC(=O)Nc2ccccc2Cl)c1. The van der Waals surface area contributed by atoms with Gasteiger partial charge in [0, 0.05) is 6.07 Å². The molecule has 0 saturated heterocycles. The normalized spacial score (nSPS) is 10.0. The van der Waals surface area contributed by atoms with Crippen LogP contribution in [0.25, 0.3) is 0 Å². The Balaban J connectivity index is 1.97. The Morgan fingerprint density at radius 1 is 1.24 bits per heavy atom. The van der Waals surface area contributed by atoms with Gasteiger partial charge in [-0.05, 0) is 24.3 Å². The third kappa shape index (κ3) is 4.10. The molecule has 4 nitrogen and oxygen atoms in total. The number of hydrogen-bond acceptors (Lipinski definition) is 3. The van der Waals surface area contributed by atoms with Crippen molar-refractivity contribution < 1.29 is 13.9 Å². The average Bonchev–Trinajstić information content (AvgIpc) is 2.49. The van der Waals surface area contributed by atoms with Crippen LogP contribution in [0.5, 0.6) is 5.75 Å². The largest absolute Gasteiger partial charge is 0.497 e. The zero-order chi connectivity index (χ0) is 15.2. The second-order valence-electron chi connectivity index (χ2n) is 4.23. The fourth-order valence-corrected chi connectivity index (χ4v) is 1.88. The Hall–Kier alpha value is -2.27. The van der Waals surface area contributed by atoms with Gasteiger partial charge < -0.3 is 15.4 Å². The summed E-state index contributed by atoms with van der Waals surface area (Å²) in [4.78, 5) is 11.8. The molecule has 0 heterocycles. The summed E-state index contributed by atoms with van der Waals surface area (Å²) in [7, 11) is 1.49. The summed E-state index contributed by atoms with van der Waals surface area (Å²) >= 11 is 5.94. The van der Waals surface area contributed by atoms with E-state index < -0.39 is 5.82 Å². The highest BCUT2D eigenvalue weighted by molar-refractivity contribution is 6.33. The van der Waals surface area contributed by atoms with E-state index in [0.29, 0.717) is 16.5 Å². The molecule has 2 N–H and O–H groups in total. The van der Waals surface area contributed by atoms with Crippen LogP contribution in [0.3, 0.4) is 0 Å². The number of para-hydroxylation sites is 1. The van der Waals surface area contributed by atoms with Crippen molar-refractivity contribution in [3.63, 3.8) is 0 Å². The summed E-state index contributed by atoms with van der Waals surface area (Å²) in [6.45, 7) is -0.0880. The molecule has 0 unspecified atom stereocenters. The summed E-state index contributed by atoms with van der Waals surface area (Å²) in [6, 6.07) is 11.1. The number of ether oxygens (including phenoxy) is 1. The van der Waals surface area contributed by atoms with Crippen molar-refractivity contribution in [2.75, 3.05) is 24.3 Å². The highest BCUT2D eigenvalue weighted by atomic mass is 35.5. The van der Waals surface area contributed by atoms with Gasteiger partial charge in [-0.2, -0.15) is 0 Å². The molecule has 0 atom stereocenters. The monoisotopic (exact) mass is 308 g/mol. The molecular weight excluding hydrogens is 295 g/mol. The van der Waals surface area contributed by atoms with Crippen molar-refractivity contribution in [1.82, 2.24) is 0 Å². The standard InChI is InChI=1S/C15H14ClFN2O2/c1-21-10-6-7-12(17)14(8-10)18-9-15(20)19-13-5-3-2-4-11(13)16/h2-8,18H,9H2,1H3,(H,19,20). The summed E-state index contributed by atoms with van der Waals surface area (Å²) in [5.41, 5.74) is 0.709. The van der Waals surface area contributed by atoms with Crippen LogP contribution in [0.1, 0.15) is 0 Å². The molecule has 0 saturated carbocycles. The zero-order valence-corrected chi connectivity index (χ0v) is 12.1. The third-order valence-corrected chi connectivity index (χ3v) is 3.09. The summed E-state index contributed by atoms with van der Waals surface area (Å²) in [5.74, 6) is -0.280. The van der Waals surface area contributed by atoms with Crippen molar-refractivity contribution in [3.8, 4) is 5.75 Å². The number of methoxy groups -OCH3 is 1. The Morgan fingerprint density at radius 3 is 2.71 bits per heavy atom. The predicted molar refractivity (Wildman–Crippen MR) is 81.5 cm³/mol. The summed E-state index contributed by atoms with van der Waals surface area (Å²) in [6.07, 6.45) is 0. The Kier molecular flexibility index (Phi) is 5.00. The van der Waals surface area contributed by atoms with E-state index in [-0.39, 0.29) is 18.1 Å². The lowest BCUT2D eigenvalue weighted by Crippen LogP contribution is -2.22. The molecule has 0 aliphatic carbocycles. The van der Waals surface area contributed by atoms with Gasteiger partial charge in [0.05, 0.1) is 30.1 Å². The van der Waals surface area contributed by atoms with E-state index in [1.807, 2.05) is 0 Å². The van der Waals surface area contributed by atoms with Crippen LogP contribution in [0.2, 0.25) is 5.02 Å². The van der Waals surface area contributed by atoms with E-state index in [1.165, 1.54) is 25.3 Å². The van der Waals surface area contributed by atoms with E-state index in [2.05, 4.69) is 10.6 Å². The highest BCUT2D eigenvalue weighted by Crippen LogP contribution is 2.22. The minimum Gasteiger partial charge on any atom is -0.497 e. The van der Waals surface area contributed by atoms with Crippen molar-refractivity contribution in [3.05, 3.63) is 53.3 Å². The summed E-state index contributed by atoms with van der Waals surface area (Å²) in [5, 5.41) is 5.80. The molecule has 0 radical (unpaired) electrons. The van der Waals surface area contributed by atoms with Gasteiger partial charge in [-0.15, -0.1) is 0 Å². The molecule has 21 heavy (non-hydrogen) atoms. The molecule has 2 rings (SSSR count). The smallest absolute Gasteiger partial charge is 0.243 e. The molecule has 6 heteroatoms. The second-order valence-corrected chi connectivity index (χ2v) is 4.63. The first-order valence-corrected chi connectivity index (χ1v) is 6.59. The Labute approximate surface area is 126 Å². The van der Waals surface area contributed by atoms with Gasteiger partial charge in [0.2, 0.25) is 5.91 Å². The van der Waals surface area contributed by atoms with Gasteiger partial charge in [-0.1, -0.05) is 23.7 Å². The van der Waals surface area contributed by atoms with Crippen molar-refractivity contribution in [1.29, 1.82) is 0 Å².